The van der Waals surface area contributed by atoms with E-state index in [0.717, 1.165) is 0 Å². The summed E-state index contributed by atoms with van der Waals surface area (Å²) in [5.74, 6) is -0.546. The Morgan fingerprint density at radius 1 is 1.37 bits per heavy atom. The fourth-order valence-electron chi connectivity index (χ4n) is 2.73. The topological polar surface area (TPSA) is 98.2 Å². The van der Waals surface area contributed by atoms with Crippen molar-refractivity contribution < 1.29 is 23.3 Å². The van der Waals surface area contributed by atoms with Crippen molar-refractivity contribution in [3.05, 3.63) is 23.0 Å². The van der Waals surface area contributed by atoms with Crippen molar-refractivity contribution in [2.24, 2.45) is 4.36 Å². The Hall–Kier alpha value is -1.71. The molecule has 0 bridgehead atoms. The highest BCUT2D eigenvalue weighted by Gasteiger charge is 2.41. The standard InChI is InChI=1S/C17H24ClN3O5S/c1-11-8-9-13(14(18)19-11)27(24,20-16(23)26-17(2,3)4)21-10-6-7-12(21)15(22)25-5/h8-9,12H,6-7,10H2,1-5H3/t12-,27+/m0/s1. The van der Waals surface area contributed by atoms with Crippen molar-refractivity contribution >= 4 is 33.6 Å². The molecular formula is C17H24ClN3O5S. The monoisotopic (exact) mass is 417 g/mol. The van der Waals surface area contributed by atoms with Gasteiger partial charge in [0.2, 0.25) is 0 Å². The molecule has 2 heterocycles. The first kappa shape index (κ1) is 21.6. The first-order chi connectivity index (χ1) is 12.5. The van der Waals surface area contributed by atoms with Crippen LogP contribution in [0.3, 0.4) is 0 Å². The number of pyridine rings is 1. The third-order valence-electron chi connectivity index (χ3n) is 3.83. The molecule has 1 fully saturated rings. The number of nitrogens with zero attached hydrogens (tertiary/aromatic N) is 3. The van der Waals surface area contributed by atoms with Crippen molar-refractivity contribution in [3.8, 4) is 0 Å². The quantitative estimate of drug-likeness (QED) is 0.552. The lowest BCUT2D eigenvalue weighted by Crippen LogP contribution is -2.41. The van der Waals surface area contributed by atoms with Gasteiger partial charge in [0.25, 0.3) is 0 Å². The molecule has 1 amide bonds. The van der Waals surface area contributed by atoms with Gasteiger partial charge in [0.15, 0.2) is 9.92 Å². The molecule has 2 rings (SSSR count). The van der Waals surface area contributed by atoms with Gasteiger partial charge in [-0.05, 0) is 52.7 Å². The van der Waals surface area contributed by atoms with E-state index in [1.807, 2.05) is 0 Å². The molecule has 0 unspecified atom stereocenters. The third kappa shape index (κ3) is 4.97. The summed E-state index contributed by atoms with van der Waals surface area (Å²) in [5, 5.41) is -0.0391. The van der Waals surface area contributed by atoms with Gasteiger partial charge in [-0.3, -0.25) is 4.79 Å². The number of aryl methyl sites for hydroxylation is 1. The Balaban J connectivity index is 2.63. The molecule has 1 aliphatic heterocycles. The molecule has 10 heteroatoms. The van der Waals surface area contributed by atoms with Crippen LogP contribution in [0.4, 0.5) is 4.79 Å². The molecule has 0 aromatic carbocycles. The van der Waals surface area contributed by atoms with Crippen molar-refractivity contribution in [1.29, 1.82) is 0 Å². The van der Waals surface area contributed by atoms with E-state index in [0.29, 0.717) is 18.5 Å². The maximum absolute atomic E-state index is 14.0. The van der Waals surface area contributed by atoms with Crippen LogP contribution in [0.15, 0.2) is 21.4 Å². The van der Waals surface area contributed by atoms with Crippen LogP contribution in [0, 0.1) is 6.92 Å². The number of hydrogen-bond donors (Lipinski definition) is 0. The van der Waals surface area contributed by atoms with Crippen LogP contribution in [-0.4, -0.2) is 50.9 Å². The summed E-state index contributed by atoms with van der Waals surface area (Å²) < 4.78 is 29.2. The molecule has 0 spiro atoms. The molecule has 1 aromatic rings. The van der Waals surface area contributed by atoms with Gasteiger partial charge < -0.3 is 9.47 Å². The van der Waals surface area contributed by atoms with Crippen molar-refractivity contribution in [3.63, 3.8) is 0 Å². The zero-order chi connectivity index (χ0) is 20.4. The Kier molecular flexibility index (Phi) is 6.49. The second kappa shape index (κ2) is 8.12. The van der Waals surface area contributed by atoms with E-state index in [1.54, 1.807) is 33.8 Å². The highest BCUT2D eigenvalue weighted by atomic mass is 35.5. The Labute approximate surface area is 164 Å². The average Bonchev–Trinajstić information content (AvgIpc) is 3.02. The minimum absolute atomic E-state index is 0.0391. The molecule has 27 heavy (non-hydrogen) atoms. The second-order valence-corrected chi connectivity index (χ2v) is 9.57. The average molecular weight is 418 g/mol. The molecule has 1 aliphatic rings. The molecule has 1 saturated heterocycles. The van der Waals surface area contributed by atoms with Gasteiger partial charge in [-0.1, -0.05) is 11.6 Å². The SMILES string of the molecule is COC(=O)[C@@H]1CCCN1[S@](=O)(=NC(=O)OC(C)(C)C)c1ccc(C)nc1Cl. The van der Waals surface area contributed by atoms with E-state index in [9.17, 15) is 13.8 Å². The highest BCUT2D eigenvalue weighted by Crippen LogP contribution is 2.32. The number of ether oxygens (including phenoxy) is 2. The maximum Gasteiger partial charge on any atom is 0.443 e. The van der Waals surface area contributed by atoms with Gasteiger partial charge in [-0.25, -0.2) is 14.0 Å². The summed E-state index contributed by atoms with van der Waals surface area (Å²) in [7, 11) is -2.32. The molecule has 0 radical (unpaired) electrons. The van der Waals surface area contributed by atoms with Crippen molar-refractivity contribution in [2.75, 3.05) is 13.7 Å². The first-order valence-electron chi connectivity index (χ1n) is 8.46. The maximum atomic E-state index is 14.0. The Bertz CT molecular complexity index is 859. The Morgan fingerprint density at radius 3 is 2.59 bits per heavy atom. The predicted octanol–water partition coefficient (Wildman–Crippen LogP) is 3.36. The van der Waals surface area contributed by atoms with Crippen LogP contribution in [0.2, 0.25) is 5.15 Å². The number of methoxy groups -OCH3 is 1. The molecule has 0 N–H and O–H groups in total. The number of aromatic nitrogens is 1. The largest absolute Gasteiger partial charge is 0.468 e. The summed E-state index contributed by atoms with van der Waals surface area (Å²) >= 11 is 6.22. The molecule has 0 aliphatic carbocycles. The minimum Gasteiger partial charge on any atom is -0.468 e. The van der Waals surface area contributed by atoms with Gasteiger partial charge in [0, 0.05) is 12.2 Å². The van der Waals surface area contributed by atoms with Crippen molar-refractivity contribution in [1.82, 2.24) is 9.29 Å². The van der Waals surface area contributed by atoms with Crippen LogP contribution < -0.4 is 0 Å². The summed E-state index contributed by atoms with van der Waals surface area (Å²) in [4.78, 5) is 28.7. The number of carbonyl (C=O) groups is 2. The molecule has 8 nitrogen and oxygen atoms in total. The normalized spacial score (nSPS) is 20.0. The van der Waals surface area contributed by atoms with E-state index < -0.39 is 33.6 Å². The first-order valence-corrected chi connectivity index (χ1v) is 10.3. The van der Waals surface area contributed by atoms with Gasteiger partial charge >= 0.3 is 12.1 Å². The number of halogens is 1. The lowest BCUT2D eigenvalue weighted by molar-refractivity contribution is -0.144. The lowest BCUT2D eigenvalue weighted by atomic mass is 10.2. The van der Waals surface area contributed by atoms with Gasteiger partial charge in [0.05, 0.1) is 7.11 Å². The minimum atomic E-state index is -3.58. The Morgan fingerprint density at radius 2 is 2.04 bits per heavy atom. The van der Waals surface area contributed by atoms with Gasteiger partial charge in [0.1, 0.15) is 21.7 Å². The summed E-state index contributed by atoms with van der Waals surface area (Å²) in [6.07, 6.45) is 0.0294. The molecule has 2 atom stereocenters. The zero-order valence-corrected chi connectivity index (χ0v) is 17.6. The fourth-order valence-corrected chi connectivity index (χ4v) is 5.34. The zero-order valence-electron chi connectivity index (χ0n) is 16.0. The molecular weight excluding hydrogens is 394 g/mol. The molecule has 0 saturated carbocycles. The van der Waals surface area contributed by atoms with Crippen LogP contribution in [0.5, 0.6) is 0 Å². The van der Waals surface area contributed by atoms with E-state index in [4.69, 9.17) is 21.1 Å². The summed E-state index contributed by atoms with van der Waals surface area (Å²) in [6.45, 7) is 7.05. The van der Waals surface area contributed by atoms with E-state index >= 15 is 0 Å². The van der Waals surface area contributed by atoms with Crippen LogP contribution in [0.1, 0.15) is 39.3 Å². The number of hydrogen-bond acceptors (Lipinski definition) is 6. The number of esters is 1. The highest BCUT2D eigenvalue weighted by molar-refractivity contribution is 7.91. The number of amides is 1. The van der Waals surface area contributed by atoms with Crippen molar-refractivity contribution in [2.45, 2.75) is 57.1 Å². The fraction of sp³-hybridized carbons (Fsp3) is 0.588. The van der Waals surface area contributed by atoms with E-state index in [-0.39, 0.29) is 16.6 Å². The third-order valence-corrected chi connectivity index (χ3v) is 6.60. The van der Waals surface area contributed by atoms with Gasteiger partial charge in [-0.2, -0.15) is 4.31 Å². The van der Waals surface area contributed by atoms with Crippen LogP contribution >= 0.6 is 11.6 Å². The summed E-state index contributed by atoms with van der Waals surface area (Å²) in [6, 6.07) is 2.33. The number of carbonyl (C=O) groups excluding carboxylic acids is 2. The van der Waals surface area contributed by atoms with E-state index in [2.05, 4.69) is 9.35 Å². The van der Waals surface area contributed by atoms with Gasteiger partial charge in [-0.15, -0.1) is 4.36 Å². The molecule has 150 valence electrons. The lowest BCUT2D eigenvalue weighted by Gasteiger charge is -2.26. The number of rotatable bonds is 3. The van der Waals surface area contributed by atoms with Crippen LogP contribution in [-0.2, 0) is 24.2 Å². The summed E-state index contributed by atoms with van der Waals surface area (Å²) in [5.41, 5.74) is -0.197. The second-order valence-electron chi connectivity index (χ2n) is 7.13. The molecule has 1 aromatic heterocycles. The smallest absolute Gasteiger partial charge is 0.443 e. The predicted molar refractivity (Wildman–Crippen MR) is 101 cm³/mol. The van der Waals surface area contributed by atoms with Crippen LogP contribution in [0.25, 0.3) is 0 Å². The van der Waals surface area contributed by atoms with E-state index in [1.165, 1.54) is 17.5 Å².